The van der Waals surface area contributed by atoms with Gasteiger partial charge >= 0.3 is 0 Å². The Morgan fingerprint density at radius 3 is 2.36 bits per heavy atom. The molecule has 5 nitrogen and oxygen atoms in total. The van der Waals surface area contributed by atoms with Gasteiger partial charge in [-0.1, -0.05) is 0 Å². The number of nitrogens with zero attached hydrogens (tertiary/aromatic N) is 3. The van der Waals surface area contributed by atoms with Crippen LogP contribution < -0.4 is 4.90 Å². The van der Waals surface area contributed by atoms with E-state index in [2.05, 4.69) is 35.9 Å². The monoisotopic (exact) mass is 399 g/mol. The van der Waals surface area contributed by atoms with Crippen molar-refractivity contribution in [1.82, 2.24) is 9.97 Å². The summed E-state index contributed by atoms with van der Waals surface area (Å²) in [7, 11) is 0. The second kappa shape index (κ2) is 8.33. The molecule has 4 heterocycles. The third-order valence-corrected chi connectivity index (χ3v) is 4.99. The maximum absolute atomic E-state index is 5.87. The quantitative estimate of drug-likeness (QED) is 0.616. The van der Waals surface area contributed by atoms with Crippen molar-refractivity contribution in [3.05, 3.63) is 54.4 Å². The zero-order valence-corrected chi connectivity index (χ0v) is 17.5. The zero-order chi connectivity index (χ0) is 19.0. The minimum absolute atomic E-state index is 0. The standard InChI is InChI=1S/C22H25N3O2.ClH/c1-14-9-18(5-7-23-14)21-11-24-22(25-12-15(2)27-16(3)13-25)10-20(21)19-6-8-26-17(19)4;/h5-11,15-16H,12-13H2,1-4H3;1H/t15-,16+;. The summed E-state index contributed by atoms with van der Waals surface area (Å²) in [5, 5.41) is 0. The molecule has 0 radical (unpaired) electrons. The highest BCUT2D eigenvalue weighted by Gasteiger charge is 2.24. The van der Waals surface area contributed by atoms with Crippen molar-refractivity contribution in [1.29, 1.82) is 0 Å². The fraction of sp³-hybridized carbons (Fsp3) is 0.364. The number of aromatic nitrogens is 2. The molecule has 28 heavy (non-hydrogen) atoms. The van der Waals surface area contributed by atoms with Crippen LogP contribution in [0.3, 0.4) is 0 Å². The molecule has 2 atom stereocenters. The summed E-state index contributed by atoms with van der Waals surface area (Å²) in [6.45, 7) is 9.90. The normalized spacial score (nSPS) is 19.4. The van der Waals surface area contributed by atoms with E-state index in [0.29, 0.717) is 0 Å². The van der Waals surface area contributed by atoms with Gasteiger partial charge in [-0.15, -0.1) is 12.4 Å². The first-order valence-electron chi connectivity index (χ1n) is 9.39. The van der Waals surface area contributed by atoms with Crippen LogP contribution in [0.1, 0.15) is 25.3 Å². The second-order valence-electron chi connectivity index (χ2n) is 7.33. The van der Waals surface area contributed by atoms with Gasteiger partial charge in [0.15, 0.2) is 0 Å². The largest absolute Gasteiger partial charge is 0.469 e. The van der Waals surface area contributed by atoms with E-state index in [1.54, 1.807) is 6.26 Å². The molecular formula is C22H26ClN3O2. The highest BCUT2D eigenvalue weighted by Crippen LogP contribution is 2.36. The van der Waals surface area contributed by atoms with Crippen LogP contribution in [0.4, 0.5) is 5.82 Å². The molecule has 0 saturated carbocycles. The molecule has 4 rings (SSSR count). The van der Waals surface area contributed by atoms with E-state index >= 15 is 0 Å². The molecule has 0 spiro atoms. The van der Waals surface area contributed by atoms with Crippen molar-refractivity contribution in [2.75, 3.05) is 18.0 Å². The van der Waals surface area contributed by atoms with Crippen molar-refractivity contribution in [2.45, 2.75) is 39.9 Å². The summed E-state index contributed by atoms with van der Waals surface area (Å²) in [6, 6.07) is 8.32. The summed E-state index contributed by atoms with van der Waals surface area (Å²) in [5.74, 6) is 1.88. The average Bonchev–Trinajstić information content (AvgIpc) is 3.06. The van der Waals surface area contributed by atoms with Gasteiger partial charge in [-0.05, 0) is 63.1 Å². The number of pyridine rings is 2. The molecule has 1 aliphatic rings. The van der Waals surface area contributed by atoms with Crippen LogP contribution in [0.25, 0.3) is 22.3 Å². The number of morpholine rings is 1. The van der Waals surface area contributed by atoms with Gasteiger partial charge < -0.3 is 14.1 Å². The van der Waals surface area contributed by atoms with Gasteiger partial charge in [0.1, 0.15) is 11.6 Å². The predicted molar refractivity (Wildman–Crippen MR) is 114 cm³/mol. The molecule has 1 aliphatic heterocycles. The number of aryl methyl sites for hydroxylation is 2. The Balaban J connectivity index is 0.00000225. The number of furan rings is 1. The third-order valence-electron chi connectivity index (χ3n) is 4.99. The highest BCUT2D eigenvalue weighted by atomic mass is 35.5. The van der Waals surface area contributed by atoms with Gasteiger partial charge in [0.2, 0.25) is 0 Å². The third kappa shape index (κ3) is 4.05. The van der Waals surface area contributed by atoms with Crippen LogP contribution >= 0.6 is 12.4 Å². The number of ether oxygens (including phenoxy) is 1. The van der Waals surface area contributed by atoms with E-state index in [9.17, 15) is 0 Å². The first-order chi connectivity index (χ1) is 13.0. The Labute approximate surface area is 172 Å². The molecule has 0 unspecified atom stereocenters. The Morgan fingerprint density at radius 2 is 1.71 bits per heavy atom. The van der Waals surface area contributed by atoms with Gasteiger partial charge in [0.25, 0.3) is 0 Å². The molecular weight excluding hydrogens is 374 g/mol. The van der Waals surface area contributed by atoms with Crippen LogP contribution in [0.2, 0.25) is 0 Å². The maximum atomic E-state index is 5.87. The lowest BCUT2D eigenvalue weighted by Gasteiger charge is -2.36. The van der Waals surface area contributed by atoms with Crippen LogP contribution in [-0.4, -0.2) is 35.3 Å². The van der Waals surface area contributed by atoms with E-state index in [1.807, 2.05) is 38.4 Å². The smallest absolute Gasteiger partial charge is 0.129 e. The molecule has 0 aliphatic carbocycles. The van der Waals surface area contributed by atoms with E-state index in [4.69, 9.17) is 14.1 Å². The number of anilines is 1. The van der Waals surface area contributed by atoms with E-state index in [1.165, 1.54) is 0 Å². The summed E-state index contributed by atoms with van der Waals surface area (Å²) < 4.78 is 11.5. The summed E-state index contributed by atoms with van der Waals surface area (Å²) in [4.78, 5) is 11.4. The Morgan fingerprint density at radius 1 is 0.964 bits per heavy atom. The van der Waals surface area contributed by atoms with Crippen molar-refractivity contribution < 1.29 is 9.15 Å². The van der Waals surface area contributed by atoms with Crippen molar-refractivity contribution in [3.8, 4) is 22.3 Å². The molecule has 1 fully saturated rings. The first kappa shape index (κ1) is 20.4. The minimum Gasteiger partial charge on any atom is -0.469 e. The summed E-state index contributed by atoms with van der Waals surface area (Å²) in [6.07, 6.45) is 5.94. The van der Waals surface area contributed by atoms with Crippen molar-refractivity contribution >= 4 is 18.2 Å². The molecule has 148 valence electrons. The maximum Gasteiger partial charge on any atom is 0.129 e. The Hall–Kier alpha value is -2.37. The number of rotatable bonds is 3. The van der Waals surface area contributed by atoms with Crippen LogP contribution in [0.5, 0.6) is 0 Å². The Bertz CT molecular complexity index is 946. The van der Waals surface area contributed by atoms with E-state index < -0.39 is 0 Å². The molecule has 0 N–H and O–H groups in total. The van der Waals surface area contributed by atoms with Crippen molar-refractivity contribution in [3.63, 3.8) is 0 Å². The predicted octanol–water partition coefficient (Wildman–Crippen LogP) is 5.06. The van der Waals surface area contributed by atoms with Gasteiger partial charge in [0, 0.05) is 42.3 Å². The van der Waals surface area contributed by atoms with Crippen LogP contribution in [-0.2, 0) is 4.74 Å². The number of hydrogen-bond acceptors (Lipinski definition) is 5. The summed E-state index contributed by atoms with van der Waals surface area (Å²) >= 11 is 0. The Kier molecular flexibility index (Phi) is 6.06. The first-order valence-corrected chi connectivity index (χ1v) is 9.39. The van der Waals surface area contributed by atoms with Gasteiger partial charge in [-0.25, -0.2) is 4.98 Å². The topological polar surface area (TPSA) is 51.4 Å². The molecule has 0 aromatic carbocycles. The van der Waals surface area contributed by atoms with Gasteiger partial charge in [0.05, 0.1) is 18.5 Å². The molecule has 3 aromatic rings. The number of halogens is 1. The van der Waals surface area contributed by atoms with E-state index in [0.717, 1.165) is 52.6 Å². The van der Waals surface area contributed by atoms with Gasteiger partial charge in [-0.2, -0.15) is 0 Å². The van der Waals surface area contributed by atoms with Crippen LogP contribution in [0.15, 0.2) is 47.3 Å². The molecule has 6 heteroatoms. The molecule has 0 bridgehead atoms. The van der Waals surface area contributed by atoms with Gasteiger partial charge in [-0.3, -0.25) is 4.98 Å². The average molecular weight is 400 g/mol. The van der Waals surface area contributed by atoms with Crippen molar-refractivity contribution in [2.24, 2.45) is 0 Å². The van der Waals surface area contributed by atoms with E-state index in [-0.39, 0.29) is 24.6 Å². The lowest BCUT2D eigenvalue weighted by molar-refractivity contribution is -0.00545. The van der Waals surface area contributed by atoms with Crippen LogP contribution in [0, 0.1) is 13.8 Å². The second-order valence-corrected chi connectivity index (χ2v) is 7.33. The summed E-state index contributed by atoms with van der Waals surface area (Å²) in [5.41, 5.74) is 5.41. The highest BCUT2D eigenvalue weighted by molar-refractivity contribution is 5.86. The number of hydrogen-bond donors (Lipinski definition) is 0. The lowest BCUT2D eigenvalue weighted by atomic mass is 9.96. The fourth-order valence-electron chi connectivity index (χ4n) is 3.81. The molecule has 3 aromatic heterocycles. The minimum atomic E-state index is 0. The molecule has 0 amide bonds. The fourth-order valence-corrected chi connectivity index (χ4v) is 3.81. The zero-order valence-electron chi connectivity index (χ0n) is 16.7. The lowest BCUT2D eigenvalue weighted by Crippen LogP contribution is -2.45. The SMILES string of the molecule is Cc1cc(-c2cnc(N3C[C@@H](C)O[C@@H](C)C3)cc2-c2ccoc2C)ccn1.Cl. The molecule has 1 saturated heterocycles.